The maximum absolute atomic E-state index is 12.2. The molecule has 0 saturated carbocycles. The summed E-state index contributed by atoms with van der Waals surface area (Å²) < 4.78 is 1.44. The molecule has 1 heterocycles. The van der Waals surface area contributed by atoms with Gasteiger partial charge in [0.2, 0.25) is 0 Å². The van der Waals surface area contributed by atoms with Crippen LogP contribution >= 0.6 is 0 Å². The Bertz CT molecular complexity index is 626. The number of benzene rings is 1. The van der Waals surface area contributed by atoms with Crippen molar-refractivity contribution in [1.29, 1.82) is 0 Å². The van der Waals surface area contributed by atoms with E-state index in [1.807, 2.05) is 19.1 Å². The molecular formula is C14H13NO3. The van der Waals surface area contributed by atoms with E-state index in [1.54, 1.807) is 19.2 Å². The first-order valence-electron chi connectivity index (χ1n) is 5.50. The molecule has 18 heavy (non-hydrogen) atoms. The fourth-order valence-corrected chi connectivity index (χ4v) is 1.85. The Morgan fingerprint density at radius 3 is 2.44 bits per heavy atom. The van der Waals surface area contributed by atoms with Gasteiger partial charge in [0.25, 0.3) is 0 Å². The average Bonchev–Trinajstić information content (AvgIpc) is 2.70. The summed E-state index contributed by atoms with van der Waals surface area (Å²) >= 11 is 0. The lowest BCUT2D eigenvalue weighted by atomic mass is 10.0. The number of aromatic nitrogens is 1. The van der Waals surface area contributed by atoms with Crippen LogP contribution in [0.3, 0.4) is 0 Å². The van der Waals surface area contributed by atoms with Gasteiger partial charge in [-0.15, -0.1) is 0 Å². The molecule has 0 aliphatic heterocycles. The van der Waals surface area contributed by atoms with Gasteiger partial charge >= 0.3 is 5.97 Å². The molecule has 0 unspecified atom stereocenters. The van der Waals surface area contributed by atoms with Crippen LogP contribution in [0.2, 0.25) is 0 Å². The number of carbonyl (C=O) groups is 2. The van der Waals surface area contributed by atoms with Gasteiger partial charge in [0.15, 0.2) is 5.78 Å². The van der Waals surface area contributed by atoms with Crippen molar-refractivity contribution in [2.45, 2.75) is 6.92 Å². The predicted octanol–water partition coefficient (Wildman–Crippen LogP) is 2.26. The molecule has 0 aliphatic carbocycles. The Morgan fingerprint density at radius 1 is 1.17 bits per heavy atom. The average molecular weight is 243 g/mol. The second-order valence-electron chi connectivity index (χ2n) is 4.23. The lowest BCUT2D eigenvalue weighted by Gasteiger charge is -1.99. The maximum atomic E-state index is 12.2. The van der Waals surface area contributed by atoms with Gasteiger partial charge in [-0.25, -0.2) is 4.79 Å². The first-order chi connectivity index (χ1) is 8.49. The highest BCUT2D eigenvalue weighted by molar-refractivity contribution is 6.10. The van der Waals surface area contributed by atoms with Crippen molar-refractivity contribution in [3.05, 3.63) is 58.9 Å². The van der Waals surface area contributed by atoms with E-state index in [2.05, 4.69) is 0 Å². The molecule has 4 heteroatoms. The quantitative estimate of drug-likeness (QED) is 0.841. The zero-order valence-corrected chi connectivity index (χ0v) is 10.2. The molecular weight excluding hydrogens is 230 g/mol. The first kappa shape index (κ1) is 12.1. The molecule has 1 aromatic heterocycles. The topological polar surface area (TPSA) is 59.3 Å². The van der Waals surface area contributed by atoms with E-state index in [0.717, 1.165) is 5.56 Å². The lowest BCUT2D eigenvalue weighted by molar-refractivity contribution is 0.0686. The Hall–Kier alpha value is -2.36. The Balaban J connectivity index is 2.40. The number of ketones is 1. The van der Waals surface area contributed by atoms with Gasteiger partial charge in [-0.3, -0.25) is 4.79 Å². The molecule has 92 valence electrons. The van der Waals surface area contributed by atoms with Crippen molar-refractivity contribution in [1.82, 2.24) is 4.57 Å². The largest absolute Gasteiger partial charge is 0.477 e. The van der Waals surface area contributed by atoms with Gasteiger partial charge in [-0.2, -0.15) is 0 Å². The smallest absolute Gasteiger partial charge is 0.352 e. The third kappa shape index (κ3) is 2.18. The van der Waals surface area contributed by atoms with Gasteiger partial charge in [-0.1, -0.05) is 23.8 Å². The number of carboxylic acid groups (broad SMARTS) is 1. The normalized spacial score (nSPS) is 10.3. The summed E-state index contributed by atoms with van der Waals surface area (Å²) in [5.74, 6) is -1.21. The van der Waals surface area contributed by atoms with E-state index in [1.165, 1.54) is 16.8 Å². The van der Waals surface area contributed by atoms with E-state index in [-0.39, 0.29) is 11.5 Å². The number of carbonyl (C=O) groups excluding carboxylic acids is 1. The number of aromatic carboxylic acids is 1. The summed E-state index contributed by atoms with van der Waals surface area (Å²) in [6, 6.07) is 8.62. The molecule has 0 bridgehead atoms. The van der Waals surface area contributed by atoms with Crippen LogP contribution in [0, 0.1) is 6.92 Å². The number of carboxylic acids is 1. The van der Waals surface area contributed by atoms with Crippen LogP contribution in [0.5, 0.6) is 0 Å². The predicted molar refractivity (Wildman–Crippen MR) is 67.0 cm³/mol. The molecule has 0 amide bonds. The van der Waals surface area contributed by atoms with Crippen molar-refractivity contribution in [2.24, 2.45) is 7.05 Å². The number of hydrogen-bond acceptors (Lipinski definition) is 2. The Labute approximate surface area is 104 Å². The molecule has 2 aromatic rings. The van der Waals surface area contributed by atoms with Crippen molar-refractivity contribution in [3.8, 4) is 0 Å². The molecule has 0 atom stereocenters. The Kier molecular flexibility index (Phi) is 3.02. The standard InChI is InChI=1S/C14H13NO3/c1-9-4-3-5-10(6-9)13(16)11-7-12(14(17)18)15(2)8-11/h3-8H,1-2H3,(H,17,18). The summed E-state index contributed by atoms with van der Waals surface area (Å²) in [5.41, 5.74) is 2.05. The summed E-state index contributed by atoms with van der Waals surface area (Å²) in [6.45, 7) is 1.91. The molecule has 0 saturated heterocycles. The highest BCUT2D eigenvalue weighted by Crippen LogP contribution is 2.14. The van der Waals surface area contributed by atoms with Gasteiger partial charge in [-0.05, 0) is 19.1 Å². The maximum Gasteiger partial charge on any atom is 0.352 e. The van der Waals surface area contributed by atoms with Crippen LogP contribution in [0.25, 0.3) is 0 Å². The van der Waals surface area contributed by atoms with Crippen molar-refractivity contribution in [3.63, 3.8) is 0 Å². The third-order valence-electron chi connectivity index (χ3n) is 2.77. The highest BCUT2D eigenvalue weighted by Gasteiger charge is 2.16. The second kappa shape index (κ2) is 4.49. The number of hydrogen-bond donors (Lipinski definition) is 1. The van der Waals surface area contributed by atoms with Gasteiger partial charge in [0.1, 0.15) is 5.69 Å². The van der Waals surface area contributed by atoms with Crippen LogP contribution in [0.15, 0.2) is 36.5 Å². The monoisotopic (exact) mass is 243 g/mol. The van der Waals surface area contributed by atoms with Crippen molar-refractivity contribution >= 4 is 11.8 Å². The summed E-state index contributed by atoms with van der Waals surface area (Å²) in [6.07, 6.45) is 1.54. The van der Waals surface area contributed by atoms with Crippen LogP contribution in [-0.2, 0) is 7.05 Å². The summed E-state index contributed by atoms with van der Waals surface area (Å²) in [5, 5.41) is 8.94. The minimum atomic E-state index is -1.04. The van der Waals surface area contributed by atoms with Crippen LogP contribution in [-0.4, -0.2) is 21.4 Å². The molecule has 4 nitrogen and oxygen atoms in total. The second-order valence-corrected chi connectivity index (χ2v) is 4.23. The molecule has 1 N–H and O–H groups in total. The summed E-state index contributed by atoms with van der Waals surface area (Å²) in [7, 11) is 1.61. The zero-order valence-electron chi connectivity index (χ0n) is 10.2. The fourth-order valence-electron chi connectivity index (χ4n) is 1.85. The van der Waals surface area contributed by atoms with Crippen LogP contribution in [0.4, 0.5) is 0 Å². The molecule has 1 aromatic carbocycles. The molecule has 0 fully saturated rings. The van der Waals surface area contributed by atoms with E-state index in [4.69, 9.17) is 5.11 Å². The minimum absolute atomic E-state index is 0.103. The fraction of sp³-hybridized carbons (Fsp3) is 0.143. The van der Waals surface area contributed by atoms with Crippen molar-refractivity contribution in [2.75, 3.05) is 0 Å². The van der Waals surface area contributed by atoms with Gasteiger partial charge in [0.05, 0.1) is 0 Å². The number of nitrogens with zero attached hydrogens (tertiary/aromatic N) is 1. The molecule has 0 aliphatic rings. The van der Waals surface area contributed by atoms with Crippen LogP contribution < -0.4 is 0 Å². The van der Waals surface area contributed by atoms with E-state index >= 15 is 0 Å². The highest BCUT2D eigenvalue weighted by atomic mass is 16.4. The molecule has 0 radical (unpaired) electrons. The lowest BCUT2D eigenvalue weighted by Crippen LogP contribution is -2.02. The van der Waals surface area contributed by atoms with E-state index in [0.29, 0.717) is 11.1 Å². The van der Waals surface area contributed by atoms with E-state index in [9.17, 15) is 9.59 Å². The molecule has 0 spiro atoms. The summed E-state index contributed by atoms with van der Waals surface area (Å²) in [4.78, 5) is 23.1. The Morgan fingerprint density at radius 2 is 1.89 bits per heavy atom. The zero-order chi connectivity index (χ0) is 13.3. The SMILES string of the molecule is Cc1cccc(C(=O)c2cc(C(=O)O)n(C)c2)c1. The van der Waals surface area contributed by atoms with Gasteiger partial charge in [0, 0.05) is 24.4 Å². The first-order valence-corrected chi connectivity index (χ1v) is 5.50. The van der Waals surface area contributed by atoms with Crippen molar-refractivity contribution < 1.29 is 14.7 Å². The number of aryl methyl sites for hydroxylation is 2. The van der Waals surface area contributed by atoms with E-state index < -0.39 is 5.97 Å². The molecule has 2 rings (SSSR count). The number of rotatable bonds is 3. The minimum Gasteiger partial charge on any atom is -0.477 e. The van der Waals surface area contributed by atoms with Gasteiger partial charge < -0.3 is 9.67 Å². The third-order valence-corrected chi connectivity index (χ3v) is 2.77. The van der Waals surface area contributed by atoms with Crippen LogP contribution in [0.1, 0.15) is 32.0 Å².